The molecule has 2 N–H and O–H groups in total. The first-order valence-corrected chi connectivity index (χ1v) is 16.7. The van der Waals surface area contributed by atoms with E-state index in [2.05, 4.69) is 90.0 Å². The molecular formula is C36H54N4O. The molecule has 1 amide bonds. The summed E-state index contributed by atoms with van der Waals surface area (Å²) in [7, 11) is 0. The SMILES string of the molecule is CCC1(NCC(=O)N2CCCCC2)CC1c1ccccc1.CCC1(NCCN2CCCCC2)CC1c1ccccc1. The zero-order chi connectivity index (χ0) is 28.5. The molecule has 224 valence electrons. The van der Waals surface area contributed by atoms with Crippen LogP contribution in [0.1, 0.15) is 101 Å². The van der Waals surface area contributed by atoms with Crippen molar-refractivity contribution < 1.29 is 4.79 Å². The van der Waals surface area contributed by atoms with Crippen molar-refractivity contribution in [2.45, 2.75) is 101 Å². The van der Waals surface area contributed by atoms with Crippen molar-refractivity contribution in [1.82, 2.24) is 20.4 Å². The standard InChI is InChI=1S/C18H26N2O.C18H28N2/c1-2-18(13-16(18)15-9-5-3-6-10-15)19-14-17(21)20-11-7-4-8-12-20;1-2-18(15-17(18)16-9-5-3-6-10-16)19-11-14-20-12-7-4-8-13-20/h3,5-6,9-10,16,19H,2,4,7-8,11-14H2,1H3;3,5-6,9-10,17,19H,2,4,7-8,11-15H2,1H3. The summed E-state index contributed by atoms with van der Waals surface area (Å²) in [6.45, 7) is 11.9. The van der Waals surface area contributed by atoms with Crippen molar-refractivity contribution in [3.8, 4) is 0 Å². The zero-order valence-corrected chi connectivity index (χ0v) is 25.8. The van der Waals surface area contributed by atoms with Gasteiger partial charge < -0.3 is 20.4 Å². The number of hydrogen-bond donors (Lipinski definition) is 2. The van der Waals surface area contributed by atoms with Crippen LogP contribution in [-0.2, 0) is 4.79 Å². The third kappa shape index (κ3) is 7.80. The molecule has 2 saturated heterocycles. The van der Waals surface area contributed by atoms with Gasteiger partial charge in [-0.05, 0) is 82.0 Å². The van der Waals surface area contributed by atoms with Gasteiger partial charge in [0.1, 0.15) is 0 Å². The van der Waals surface area contributed by atoms with Crippen LogP contribution in [0.15, 0.2) is 60.7 Å². The van der Waals surface area contributed by atoms with E-state index in [4.69, 9.17) is 0 Å². The second-order valence-corrected chi connectivity index (χ2v) is 13.0. The lowest BCUT2D eigenvalue weighted by molar-refractivity contribution is -0.131. The highest BCUT2D eigenvalue weighted by atomic mass is 16.2. The highest BCUT2D eigenvalue weighted by Gasteiger charge is 2.53. The molecule has 0 radical (unpaired) electrons. The minimum atomic E-state index is 0.146. The van der Waals surface area contributed by atoms with Gasteiger partial charge in [0, 0.05) is 49.1 Å². The van der Waals surface area contributed by atoms with Crippen LogP contribution in [-0.4, -0.2) is 72.6 Å². The fraction of sp³-hybridized carbons (Fsp3) is 0.639. The Kier molecular flexibility index (Phi) is 10.6. The number of amides is 1. The molecule has 2 aromatic carbocycles. The number of nitrogens with zero attached hydrogens (tertiary/aromatic N) is 2. The molecule has 5 nitrogen and oxygen atoms in total. The zero-order valence-electron chi connectivity index (χ0n) is 25.8. The monoisotopic (exact) mass is 558 g/mol. The number of rotatable bonds is 11. The normalized spacial score (nSPS) is 29.4. The van der Waals surface area contributed by atoms with Gasteiger partial charge in [-0.3, -0.25) is 4.79 Å². The number of piperidine rings is 2. The van der Waals surface area contributed by atoms with E-state index in [1.54, 1.807) is 0 Å². The van der Waals surface area contributed by atoms with Gasteiger partial charge in [0.05, 0.1) is 6.54 Å². The molecule has 5 heteroatoms. The van der Waals surface area contributed by atoms with Gasteiger partial charge in [-0.15, -0.1) is 0 Å². The molecule has 2 saturated carbocycles. The highest BCUT2D eigenvalue weighted by molar-refractivity contribution is 5.78. The van der Waals surface area contributed by atoms with E-state index in [9.17, 15) is 4.79 Å². The summed E-state index contributed by atoms with van der Waals surface area (Å²) in [5, 5.41) is 7.45. The van der Waals surface area contributed by atoms with Crippen LogP contribution >= 0.6 is 0 Å². The van der Waals surface area contributed by atoms with E-state index < -0.39 is 0 Å². The summed E-state index contributed by atoms with van der Waals surface area (Å²) in [5.41, 5.74) is 3.45. The van der Waals surface area contributed by atoms with Gasteiger partial charge in [0.25, 0.3) is 0 Å². The average molecular weight is 559 g/mol. The third-order valence-electron chi connectivity index (χ3n) is 10.5. The Labute approximate surface area is 249 Å². The number of carbonyl (C=O) groups excluding carboxylic acids is 1. The van der Waals surface area contributed by atoms with Crippen LogP contribution in [0.2, 0.25) is 0 Å². The van der Waals surface area contributed by atoms with E-state index in [1.165, 1.54) is 69.3 Å². The lowest BCUT2D eigenvalue weighted by Gasteiger charge is -2.28. The third-order valence-corrected chi connectivity index (χ3v) is 10.5. The van der Waals surface area contributed by atoms with Gasteiger partial charge in [0.2, 0.25) is 5.91 Å². The van der Waals surface area contributed by atoms with E-state index in [0.717, 1.165) is 51.2 Å². The number of nitrogens with one attached hydrogen (secondary N) is 2. The van der Waals surface area contributed by atoms with Gasteiger partial charge in [0.15, 0.2) is 0 Å². The summed E-state index contributed by atoms with van der Waals surface area (Å²) in [5.74, 6) is 1.58. The maximum Gasteiger partial charge on any atom is 0.236 e. The maximum atomic E-state index is 12.3. The highest BCUT2D eigenvalue weighted by Crippen LogP contribution is 2.54. The Morgan fingerprint density at radius 3 is 1.71 bits per heavy atom. The molecule has 0 aromatic heterocycles. The molecule has 0 spiro atoms. The molecule has 2 aromatic rings. The van der Waals surface area contributed by atoms with E-state index in [-0.39, 0.29) is 11.4 Å². The second kappa shape index (κ2) is 14.3. The quantitative estimate of drug-likeness (QED) is 0.339. The summed E-state index contributed by atoms with van der Waals surface area (Å²) in [4.78, 5) is 16.9. The lowest BCUT2D eigenvalue weighted by atomic mass is 10.0. The maximum absolute atomic E-state index is 12.3. The molecule has 41 heavy (non-hydrogen) atoms. The van der Waals surface area contributed by atoms with E-state index >= 15 is 0 Å². The fourth-order valence-corrected chi connectivity index (χ4v) is 7.43. The number of likely N-dealkylation sites (tertiary alicyclic amines) is 2. The Morgan fingerprint density at radius 1 is 0.707 bits per heavy atom. The van der Waals surface area contributed by atoms with Crippen molar-refractivity contribution >= 4 is 5.91 Å². The Balaban J connectivity index is 0.000000165. The van der Waals surface area contributed by atoms with Crippen molar-refractivity contribution in [2.24, 2.45) is 0 Å². The van der Waals surface area contributed by atoms with Crippen LogP contribution in [0.4, 0.5) is 0 Å². The topological polar surface area (TPSA) is 47.6 Å². The van der Waals surface area contributed by atoms with Crippen molar-refractivity contribution in [3.63, 3.8) is 0 Å². The molecule has 2 heterocycles. The van der Waals surface area contributed by atoms with E-state index in [0.29, 0.717) is 18.0 Å². The molecule has 4 atom stereocenters. The molecule has 2 aliphatic heterocycles. The largest absolute Gasteiger partial charge is 0.342 e. The van der Waals surface area contributed by atoms with Gasteiger partial charge >= 0.3 is 0 Å². The summed E-state index contributed by atoms with van der Waals surface area (Å²) < 4.78 is 0. The molecule has 6 rings (SSSR count). The Morgan fingerprint density at radius 2 is 1.20 bits per heavy atom. The minimum Gasteiger partial charge on any atom is -0.342 e. The first-order valence-electron chi connectivity index (χ1n) is 16.7. The van der Waals surface area contributed by atoms with Crippen molar-refractivity contribution in [3.05, 3.63) is 71.8 Å². The number of benzene rings is 2. The summed E-state index contributed by atoms with van der Waals surface area (Å²) in [6.07, 6.45) is 12.6. The Hall–Kier alpha value is -2.21. The van der Waals surface area contributed by atoms with Crippen LogP contribution in [0.25, 0.3) is 0 Å². The smallest absolute Gasteiger partial charge is 0.236 e. The molecule has 4 aliphatic rings. The molecule has 2 aliphatic carbocycles. The average Bonchev–Trinajstić information content (AvgIpc) is 3.97. The molecule has 4 fully saturated rings. The predicted molar refractivity (Wildman–Crippen MR) is 170 cm³/mol. The van der Waals surface area contributed by atoms with Crippen LogP contribution in [0.3, 0.4) is 0 Å². The van der Waals surface area contributed by atoms with Crippen LogP contribution in [0.5, 0.6) is 0 Å². The number of carbonyl (C=O) groups is 1. The fourth-order valence-electron chi connectivity index (χ4n) is 7.43. The van der Waals surface area contributed by atoms with Gasteiger partial charge in [-0.2, -0.15) is 0 Å². The second-order valence-electron chi connectivity index (χ2n) is 13.0. The van der Waals surface area contributed by atoms with Gasteiger partial charge in [-0.1, -0.05) is 80.9 Å². The molecule has 0 bridgehead atoms. The van der Waals surface area contributed by atoms with Crippen molar-refractivity contribution in [2.75, 3.05) is 45.8 Å². The first-order chi connectivity index (χ1) is 20.1. The lowest BCUT2D eigenvalue weighted by Crippen LogP contribution is -2.45. The first kappa shape index (κ1) is 30.3. The van der Waals surface area contributed by atoms with E-state index in [1.807, 2.05) is 4.90 Å². The van der Waals surface area contributed by atoms with Gasteiger partial charge in [-0.25, -0.2) is 0 Å². The Bertz CT molecular complexity index is 1070. The van der Waals surface area contributed by atoms with Crippen LogP contribution < -0.4 is 10.6 Å². The summed E-state index contributed by atoms with van der Waals surface area (Å²) in [6, 6.07) is 21.7. The molecular weight excluding hydrogens is 504 g/mol. The number of hydrogen-bond acceptors (Lipinski definition) is 4. The van der Waals surface area contributed by atoms with Crippen LogP contribution in [0, 0.1) is 0 Å². The predicted octanol–water partition coefficient (Wildman–Crippen LogP) is 6.32. The minimum absolute atomic E-state index is 0.146. The van der Waals surface area contributed by atoms with Crippen molar-refractivity contribution in [1.29, 1.82) is 0 Å². The summed E-state index contributed by atoms with van der Waals surface area (Å²) >= 11 is 0. The molecule has 4 unspecified atom stereocenters.